The molecule has 1 atom stereocenters. The molecule has 1 fully saturated rings. The first-order chi connectivity index (χ1) is 14.8. The molecule has 6 heteroatoms. The van der Waals surface area contributed by atoms with E-state index in [0.717, 1.165) is 11.1 Å². The van der Waals surface area contributed by atoms with Crippen molar-refractivity contribution in [1.29, 1.82) is 0 Å². The monoisotopic (exact) mass is 456 g/mol. The molecule has 1 aliphatic rings. The molecule has 2 N–H and O–H groups in total. The first-order valence-corrected chi connectivity index (χ1v) is 11.4. The lowest BCUT2D eigenvalue weighted by Crippen LogP contribution is -2.58. The molecule has 3 rings (SSSR count). The van der Waals surface area contributed by atoms with Gasteiger partial charge >= 0.3 is 0 Å². The van der Waals surface area contributed by atoms with E-state index in [9.17, 15) is 14.7 Å². The number of nitrogens with one attached hydrogen (secondary N) is 1. The molecule has 2 aromatic carbocycles. The molecular weight excluding hydrogens is 424 g/mol. The van der Waals surface area contributed by atoms with Crippen LogP contribution >= 0.6 is 11.6 Å². The van der Waals surface area contributed by atoms with E-state index in [1.807, 2.05) is 71.0 Å². The van der Waals surface area contributed by atoms with Crippen molar-refractivity contribution in [3.63, 3.8) is 0 Å². The summed E-state index contributed by atoms with van der Waals surface area (Å²) in [5.41, 5.74) is -0.00512. The molecule has 0 bridgehead atoms. The van der Waals surface area contributed by atoms with Crippen molar-refractivity contribution in [1.82, 2.24) is 10.2 Å². The Morgan fingerprint density at radius 2 is 1.81 bits per heavy atom. The lowest BCUT2D eigenvalue weighted by atomic mass is 9.66. The van der Waals surface area contributed by atoms with Gasteiger partial charge in [0, 0.05) is 41.1 Å². The number of aryl methyl sites for hydroxylation is 1. The molecule has 0 radical (unpaired) electrons. The van der Waals surface area contributed by atoms with Crippen LogP contribution in [0.15, 0.2) is 48.5 Å². The second-order valence-corrected chi connectivity index (χ2v) is 10.6. The Labute approximate surface area is 195 Å². The van der Waals surface area contributed by atoms with Crippen molar-refractivity contribution in [2.45, 2.75) is 58.6 Å². The standard InChI is InChI=1S/C26H33ClN2O3/c1-18-15-20(11-12-21(18)27)26(32)13-14-29(17-24(26,2)3)22(30)16-25(4,5)28-23(31)19-9-7-6-8-10-19/h6-12,15,32H,13-14,16-17H2,1-5H3,(H,28,31). The van der Waals surface area contributed by atoms with Crippen LogP contribution in [-0.4, -0.2) is 40.4 Å². The van der Waals surface area contributed by atoms with Crippen LogP contribution in [0.5, 0.6) is 0 Å². The first-order valence-electron chi connectivity index (χ1n) is 11.0. The van der Waals surface area contributed by atoms with Crippen molar-refractivity contribution >= 4 is 23.4 Å². The number of piperidine rings is 1. The minimum absolute atomic E-state index is 0.0363. The quantitative estimate of drug-likeness (QED) is 0.685. The lowest BCUT2D eigenvalue weighted by molar-refractivity contribution is -0.154. The molecule has 1 aliphatic heterocycles. The minimum atomic E-state index is -1.06. The Kier molecular flexibility index (Phi) is 6.73. The van der Waals surface area contributed by atoms with Crippen LogP contribution in [0.4, 0.5) is 0 Å². The summed E-state index contributed by atoms with van der Waals surface area (Å²) in [4.78, 5) is 27.5. The number of likely N-dealkylation sites (tertiary alicyclic amines) is 1. The molecular formula is C26H33ClN2O3. The molecule has 0 aromatic heterocycles. The predicted octanol–water partition coefficient (Wildman–Crippen LogP) is 4.69. The number of hydrogen-bond acceptors (Lipinski definition) is 3. The average Bonchev–Trinajstić information content (AvgIpc) is 2.71. The SMILES string of the molecule is Cc1cc(C2(O)CCN(C(=O)CC(C)(C)NC(=O)c3ccccc3)CC2(C)C)ccc1Cl. The third-order valence-electron chi connectivity index (χ3n) is 6.52. The van der Waals surface area contributed by atoms with Crippen LogP contribution in [0.3, 0.4) is 0 Å². The zero-order valence-corrected chi connectivity index (χ0v) is 20.3. The molecule has 0 saturated carbocycles. The molecule has 2 amide bonds. The summed E-state index contributed by atoms with van der Waals surface area (Å²) in [5.74, 6) is -0.236. The Balaban J connectivity index is 1.69. The Morgan fingerprint density at radius 3 is 2.41 bits per heavy atom. The maximum atomic E-state index is 13.1. The van der Waals surface area contributed by atoms with Crippen LogP contribution in [0, 0.1) is 12.3 Å². The van der Waals surface area contributed by atoms with Crippen molar-refractivity contribution in [2.24, 2.45) is 5.41 Å². The topological polar surface area (TPSA) is 69.6 Å². The maximum absolute atomic E-state index is 13.1. The van der Waals surface area contributed by atoms with Crippen molar-refractivity contribution in [3.8, 4) is 0 Å². The van der Waals surface area contributed by atoms with Gasteiger partial charge in [0.05, 0.1) is 5.60 Å². The number of hydrogen-bond donors (Lipinski definition) is 2. The molecule has 1 heterocycles. The summed E-state index contributed by atoms with van der Waals surface area (Å²) in [6.45, 7) is 10.5. The summed E-state index contributed by atoms with van der Waals surface area (Å²) in [6.07, 6.45) is 0.615. The van der Waals surface area contributed by atoms with E-state index in [2.05, 4.69) is 5.32 Å². The second-order valence-electron chi connectivity index (χ2n) is 10.2. The van der Waals surface area contributed by atoms with Crippen LogP contribution in [0.2, 0.25) is 5.02 Å². The Bertz CT molecular complexity index is 1000. The fourth-order valence-corrected chi connectivity index (χ4v) is 4.59. The molecule has 0 spiro atoms. The van der Waals surface area contributed by atoms with Gasteiger partial charge in [0.1, 0.15) is 0 Å². The molecule has 32 heavy (non-hydrogen) atoms. The summed E-state index contributed by atoms with van der Waals surface area (Å²) >= 11 is 6.17. The van der Waals surface area contributed by atoms with E-state index >= 15 is 0 Å². The van der Waals surface area contributed by atoms with Crippen molar-refractivity contribution in [3.05, 3.63) is 70.2 Å². The van der Waals surface area contributed by atoms with Crippen molar-refractivity contribution < 1.29 is 14.7 Å². The third kappa shape index (κ3) is 5.00. The molecule has 5 nitrogen and oxygen atoms in total. The minimum Gasteiger partial charge on any atom is -0.384 e. The van der Waals surface area contributed by atoms with Gasteiger partial charge in [-0.3, -0.25) is 9.59 Å². The summed E-state index contributed by atoms with van der Waals surface area (Å²) in [6, 6.07) is 14.6. The highest BCUT2D eigenvalue weighted by atomic mass is 35.5. The zero-order chi connectivity index (χ0) is 23.7. The fraction of sp³-hybridized carbons (Fsp3) is 0.462. The number of nitrogens with zero attached hydrogens (tertiary/aromatic N) is 1. The third-order valence-corrected chi connectivity index (χ3v) is 6.94. The van der Waals surface area contributed by atoms with E-state index < -0.39 is 16.6 Å². The highest BCUT2D eigenvalue weighted by Gasteiger charge is 2.50. The summed E-state index contributed by atoms with van der Waals surface area (Å²) in [7, 11) is 0. The Morgan fingerprint density at radius 1 is 1.16 bits per heavy atom. The van der Waals surface area contributed by atoms with Gasteiger partial charge in [-0.25, -0.2) is 0 Å². The van der Waals surface area contributed by atoms with E-state index in [0.29, 0.717) is 30.1 Å². The largest absolute Gasteiger partial charge is 0.384 e. The van der Waals surface area contributed by atoms with Gasteiger partial charge in [-0.1, -0.05) is 55.8 Å². The summed E-state index contributed by atoms with van der Waals surface area (Å²) < 4.78 is 0. The number of rotatable bonds is 5. The fourth-order valence-electron chi connectivity index (χ4n) is 4.48. The number of carbonyl (C=O) groups excluding carboxylic acids is 2. The van der Waals surface area contributed by atoms with Gasteiger partial charge in [0.15, 0.2) is 0 Å². The molecule has 0 aliphatic carbocycles. The smallest absolute Gasteiger partial charge is 0.251 e. The van der Waals surface area contributed by atoms with Crippen LogP contribution in [0.1, 0.15) is 62.0 Å². The van der Waals surface area contributed by atoms with E-state index in [1.165, 1.54) is 0 Å². The number of benzene rings is 2. The Hall–Kier alpha value is -2.37. The molecule has 1 unspecified atom stereocenters. The van der Waals surface area contributed by atoms with Gasteiger partial charge in [-0.05, 0) is 56.5 Å². The zero-order valence-electron chi connectivity index (χ0n) is 19.5. The maximum Gasteiger partial charge on any atom is 0.251 e. The van der Waals surface area contributed by atoms with Gasteiger partial charge < -0.3 is 15.3 Å². The number of carbonyl (C=O) groups is 2. The second kappa shape index (κ2) is 8.87. The van der Waals surface area contributed by atoms with Gasteiger partial charge in [-0.15, -0.1) is 0 Å². The number of halogens is 1. The summed E-state index contributed by atoms with van der Waals surface area (Å²) in [5, 5.41) is 15.3. The highest BCUT2D eigenvalue weighted by molar-refractivity contribution is 6.31. The highest BCUT2D eigenvalue weighted by Crippen LogP contribution is 2.46. The van der Waals surface area contributed by atoms with Gasteiger partial charge in [0.25, 0.3) is 5.91 Å². The number of amides is 2. The first kappa shape index (κ1) is 24.3. The molecule has 172 valence electrons. The predicted molar refractivity (Wildman–Crippen MR) is 128 cm³/mol. The van der Waals surface area contributed by atoms with Gasteiger partial charge in [0.2, 0.25) is 5.91 Å². The molecule has 1 saturated heterocycles. The average molecular weight is 457 g/mol. The van der Waals surface area contributed by atoms with E-state index in [-0.39, 0.29) is 18.2 Å². The van der Waals surface area contributed by atoms with Gasteiger partial charge in [-0.2, -0.15) is 0 Å². The van der Waals surface area contributed by atoms with Crippen molar-refractivity contribution in [2.75, 3.05) is 13.1 Å². The van der Waals surface area contributed by atoms with Crippen LogP contribution in [0.25, 0.3) is 0 Å². The van der Waals surface area contributed by atoms with E-state index in [1.54, 1.807) is 17.0 Å². The van der Waals surface area contributed by atoms with Crippen LogP contribution in [-0.2, 0) is 10.4 Å². The normalized spacial score (nSPS) is 20.7. The van der Waals surface area contributed by atoms with E-state index in [4.69, 9.17) is 11.6 Å². The number of aliphatic hydroxyl groups is 1. The lowest BCUT2D eigenvalue weighted by Gasteiger charge is -2.51. The van der Waals surface area contributed by atoms with Crippen LogP contribution < -0.4 is 5.32 Å². The molecule has 2 aromatic rings.